The Morgan fingerprint density at radius 2 is 1.72 bits per heavy atom. The first kappa shape index (κ1) is 25.5. The number of nitrogen functional groups attached to an aromatic ring is 1. The van der Waals surface area contributed by atoms with Crippen molar-refractivity contribution in [3.63, 3.8) is 0 Å². The Morgan fingerprint density at radius 3 is 2.36 bits per heavy atom. The van der Waals surface area contributed by atoms with Crippen molar-refractivity contribution in [2.45, 2.75) is 45.1 Å². The number of hydrogen-bond donors (Lipinski definition) is 2. The third kappa shape index (κ3) is 5.62. The smallest absolute Gasteiger partial charge is 0.416 e. The van der Waals surface area contributed by atoms with E-state index in [1.165, 1.54) is 25.1 Å². The SMILES string of the molecule is CC(Oc1cc(-c2ccc(C(=O)N3C[C@@H](C)N[C@@H](C)C3)cc2)cnc1N)c1ccccc1C(F)(F)F. The standard InChI is InChI=1S/C27H29F3N4O2/c1-16-14-34(15-17(2)33-16)26(35)20-10-8-19(9-11-20)21-12-24(25(31)32-13-21)36-18(3)22-6-4-5-7-23(22)27(28,29)30/h4-13,16-18,33H,14-15H2,1-3H3,(H2,31,32)/t16-,17+,18?. The van der Waals surface area contributed by atoms with E-state index >= 15 is 0 Å². The molecule has 36 heavy (non-hydrogen) atoms. The quantitative estimate of drug-likeness (QED) is 0.498. The zero-order chi connectivity index (χ0) is 26.0. The molecule has 3 N–H and O–H groups in total. The average molecular weight is 499 g/mol. The molecule has 1 aliphatic heterocycles. The number of carbonyl (C=O) groups excluding carboxylic acids is 1. The summed E-state index contributed by atoms with van der Waals surface area (Å²) in [6.07, 6.45) is -3.85. The van der Waals surface area contributed by atoms with Crippen molar-refractivity contribution >= 4 is 11.7 Å². The number of carbonyl (C=O) groups is 1. The maximum atomic E-state index is 13.4. The summed E-state index contributed by atoms with van der Waals surface area (Å²) in [4.78, 5) is 19.0. The Hall–Kier alpha value is -3.59. The van der Waals surface area contributed by atoms with Crippen molar-refractivity contribution in [3.05, 3.63) is 77.5 Å². The molecule has 3 aromatic rings. The van der Waals surface area contributed by atoms with Gasteiger partial charge in [-0.2, -0.15) is 13.2 Å². The molecule has 0 radical (unpaired) electrons. The van der Waals surface area contributed by atoms with E-state index in [0.717, 1.165) is 11.6 Å². The summed E-state index contributed by atoms with van der Waals surface area (Å²) in [5, 5.41) is 3.41. The van der Waals surface area contributed by atoms with E-state index in [2.05, 4.69) is 24.1 Å². The molecule has 2 heterocycles. The summed E-state index contributed by atoms with van der Waals surface area (Å²) in [6.45, 7) is 6.92. The van der Waals surface area contributed by atoms with Crippen LogP contribution in [0.2, 0.25) is 0 Å². The highest BCUT2D eigenvalue weighted by Crippen LogP contribution is 2.37. The number of nitrogens with zero attached hydrogens (tertiary/aromatic N) is 2. The first-order chi connectivity index (χ1) is 17.0. The summed E-state index contributed by atoms with van der Waals surface area (Å²) >= 11 is 0. The zero-order valence-corrected chi connectivity index (χ0v) is 20.3. The number of alkyl halides is 3. The Labute approximate surface area is 208 Å². The van der Waals surface area contributed by atoms with Crippen LogP contribution in [-0.4, -0.2) is 41.0 Å². The van der Waals surface area contributed by atoms with Crippen molar-refractivity contribution in [1.82, 2.24) is 15.2 Å². The number of rotatable bonds is 5. The molecule has 0 bridgehead atoms. The van der Waals surface area contributed by atoms with Gasteiger partial charge in [-0.25, -0.2) is 4.98 Å². The first-order valence-corrected chi connectivity index (χ1v) is 11.8. The van der Waals surface area contributed by atoms with E-state index in [-0.39, 0.29) is 35.1 Å². The number of nitrogens with two attached hydrogens (primary N) is 1. The number of aromatic nitrogens is 1. The third-order valence-corrected chi connectivity index (χ3v) is 6.20. The highest BCUT2D eigenvalue weighted by Gasteiger charge is 2.34. The highest BCUT2D eigenvalue weighted by molar-refractivity contribution is 5.95. The van der Waals surface area contributed by atoms with E-state index < -0.39 is 17.8 Å². The fraction of sp³-hybridized carbons (Fsp3) is 0.333. The van der Waals surface area contributed by atoms with Crippen LogP contribution in [0.4, 0.5) is 19.0 Å². The van der Waals surface area contributed by atoms with E-state index in [1.54, 1.807) is 24.4 Å². The number of hydrogen-bond acceptors (Lipinski definition) is 5. The number of pyridine rings is 1. The van der Waals surface area contributed by atoms with Crippen molar-refractivity contribution in [1.29, 1.82) is 0 Å². The number of ether oxygens (including phenoxy) is 1. The van der Waals surface area contributed by atoms with Gasteiger partial charge in [0.2, 0.25) is 0 Å². The van der Waals surface area contributed by atoms with E-state index in [0.29, 0.717) is 24.2 Å². The number of amides is 1. The molecule has 190 valence electrons. The number of nitrogens with one attached hydrogen (secondary N) is 1. The molecule has 6 nitrogen and oxygen atoms in total. The molecule has 0 spiro atoms. The van der Waals surface area contributed by atoms with E-state index in [9.17, 15) is 18.0 Å². The summed E-state index contributed by atoms with van der Waals surface area (Å²) in [5.74, 6) is 0.225. The monoisotopic (exact) mass is 498 g/mol. The second-order valence-electron chi connectivity index (χ2n) is 9.21. The predicted octanol–water partition coefficient (Wildman–Crippen LogP) is 5.31. The van der Waals surface area contributed by atoms with Crippen molar-refractivity contribution < 1.29 is 22.7 Å². The summed E-state index contributed by atoms with van der Waals surface area (Å²) in [5.41, 5.74) is 7.24. The van der Waals surface area contributed by atoms with Crippen LogP contribution in [0.15, 0.2) is 60.8 Å². The lowest BCUT2D eigenvalue weighted by Gasteiger charge is -2.36. The lowest BCUT2D eigenvalue weighted by atomic mass is 10.0. The van der Waals surface area contributed by atoms with Gasteiger partial charge in [-0.1, -0.05) is 30.3 Å². The second kappa shape index (κ2) is 10.2. The van der Waals surface area contributed by atoms with Crippen LogP contribution in [0.5, 0.6) is 5.75 Å². The molecule has 1 unspecified atom stereocenters. The van der Waals surface area contributed by atoms with Crippen LogP contribution in [0, 0.1) is 0 Å². The van der Waals surface area contributed by atoms with E-state index in [1.807, 2.05) is 17.0 Å². The van der Waals surface area contributed by atoms with Crippen molar-refractivity contribution in [2.75, 3.05) is 18.8 Å². The number of halogens is 3. The van der Waals surface area contributed by atoms with Gasteiger partial charge in [0.1, 0.15) is 6.10 Å². The Kier molecular flexibility index (Phi) is 7.21. The van der Waals surface area contributed by atoms with E-state index in [4.69, 9.17) is 10.5 Å². The van der Waals surface area contributed by atoms with Crippen molar-refractivity contribution in [3.8, 4) is 16.9 Å². The highest BCUT2D eigenvalue weighted by atomic mass is 19.4. The Bertz CT molecular complexity index is 1220. The largest absolute Gasteiger partial charge is 0.482 e. The van der Waals surface area contributed by atoms with Crippen LogP contribution in [0.1, 0.15) is 48.4 Å². The van der Waals surface area contributed by atoms with Crippen molar-refractivity contribution in [2.24, 2.45) is 0 Å². The number of benzene rings is 2. The maximum Gasteiger partial charge on any atom is 0.416 e. The van der Waals surface area contributed by atoms with Gasteiger partial charge in [-0.15, -0.1) is 0 Å². The van der Waals surface area contributed by atoms with Gasteiger partial charge in [0.25, 0.3) is 5.91 Å². The average Bonchev–Trinajstić information content (AvgIpc) is 2.84. The molecule has 9 heteroatoms. The fourth-order valence-corrected chi connectivity index (χ4v) is 4.55. The first-order valence-electron chi connectivity index (χ1n) is 11.8. The number of anilines is 1. The van der Waals surface area contributed by atoms with Gasteiger partial charge in [-0.05, 0) is 50.6 Å². The van der Waals surface area contributed by atoms with Crippen LogP contribution < -0.4 is 15.8 Å². The third-order valence-electron chi connectivity index (χ3n) is 6.20. The minimum Gasteiger partial charge on any atom is -0.482 e. The normalized spacial score (nSPS) is 19.1. The molecule has 3 atom stereocenters. The van der Waals surface area contributed by atoms with Gasteiger partial charge in [0, 0.05) is 48.1 Å². The molecule has 1 aliphatic rings. The molecular formula is C27H29F3N4O2. The molecule has 1 fully saturated rings. The van der Waals surface area contributed by atoms with Gasteiger partial charge in [0.05, 0.1) is 5.56 Å². The molecule has 0 aliphatic carbocycles. The van der Waals surface area contributed by atoms with Gasteiger partial charge in [0.15, 0.2) is 11.6 Å². The van der Waals surface area contributed by atoms with Crippen LogP contribution in [0.3, 0.4) is 0 Å². The van der Waals surface area contributed by atoms with Crippen LogP contribution >= 0.6 is 0 Å². The summed E-state index contributed by atoms with van der Waals surface area (Å²) < 4.78 is 46.1. The van der Waals surface area contributed by atoms with Gasteiger partial charge in [-0.3, -0.25) is 4.79 Å². The molecule has 1 amide bonds. The minimum absolute atomic E-state index is 0.00854. The summed E-state index contributed by atoms with van der Waals surface area (Å²) in [6, 6.07) is 14.5. The number of piperazine rings is 1. The molecule has 1 saturated heterocycles. The Balaban J connectivity index is 1.53. The molecule has 4 rings (SSSR count). The topological polar surface area (TPSA) is 80.5 Å². The van der Waals surface area contributed by atoms with Gasteiger partial charge < -0.3 is 20.7 Å². The zero-order valence-electron chi connectivity index (χ0n) is 20.3. The fourth-order valence-electron chi connectivity index (χ4n) is 4.55. The molecular weight excluding hydrogens is 469 g/mol. The van der Waals surface area contributed by atoms with Crippen LogP contribution in [-0.2, 0) is 6.18 Å². The lowest BCUT2D eigenvalue weighted by Crippen LogP contribution is -2.55. The van der Waals surface area contributed by atoms with Crippen LogP contribution in [0.25, 0.3) is 11.1 Å². The molecule has 2 aromatic carbocycles. The predicted molar refractivity (Wildman–Crippen MR) is 133 cm³/mol. The maximum absolute atomic E-state index is 13.4. The summed E-state index contributed by atoms with van der Waals surface area (Å²) in [7, 11) is 0. The molecule has 1 aromatic heterocycles. The Morgan fingerprint density at radius 1 is 1.08 bits per heavy atom. The lowest BCUT2D eigenvalue weighted by molar-refractivity contribution is -0.138. The second-order valence-corrected chi connectivity index (χ2v) is 9.21. The van der Waals surface area contributed by atoms with Gasteiger partial charge >= 0.3 is 6.18 Å². The minimum atomic E-state index is -4.50. The molecule has 0 saturated carbocycles.